The molecule has 0 aromatic heterocycles. The van der Waals surface area contributed by atoms with Crippen LogP contribution in [0, 0.1) is 5.82 Å². The van der Waals surface area contributed by atoms with Crippen LogP contribution in [0.4, 0.5) is 4.39 Å². The number of benzene rings is 1. The zero-order valence-corrected chi connectivity index (χ0v) is 10.2. The number of hydrogen-bond donors (Lipinski definition) is 1. The van der Waals surface area contributed by atoms with Crippen LogP contribution < -0.4 is 5.73 Å². The van der Waals surface area contributed by atoms with Gasteiger partial charge in [-0.25, -0.2) is 4.39 Å². The monoisotopic (exact) mass is 251 g/mol. The van der Waals surface area contributed by atoms with Gasteiger partial charge in [0.25, 0.3) is 0 Å². The molecule has 0 unspecified atom stereocenters. The first-order valence-corrected chi connectivity index (χ1v) is 5.23. The second-order valence-electron chi connectivity index (χ2n) is 3.41. The first-order valence-electron chi connectivity index (χ1n) is 4.85. The van der Waals surface area contributed by atoms with Crippen molar-refractivity contribution < 1.29 is 4.39 Å². The minimum Gasteiger partial charge on any atom is -0.324 e. The van der Waals surface area contributed by atoms with Crippen LogP contribution in [0.5, 0.6) is 0 Å². The maximum atomic E-state index is 13.3. The van der Waals surface area contributed by atoms with Crippen molar-refractivity contribution in [1.29, 1.82) is 0 Å². The predicted octanol–water partition coefficient (Wildman–Crippen LogP) is 4.09. The lowest BCUT2D eigenvalue weighted by atomic mass is 10.0. The maximum Gasteiger partial charge on any atom is 0.128 e. The summed E-state index contributed by atoms with van der Waals surface area (Å²) in [6, 6.07) is 4.27. The minimum atomic E-state index is -0.266. The molecule has 0 bridgehead atoms. The summed E-state index contributed by atoms with van der Waals surface area (Å²) in [5, 5.41) is 0.536. The van der Waals surface area contributed by atoms with Gasteiger partial charge in [-0.15, -0.1) is 12.4 Å². The third-order valence-electron chi connectivity index (χ3n) is 2.23. The van der Waals surface area contributed by atoms with E-state index in [1.165, 1.54) is 12.1 Å². The Hall–Kier alpha value is -0.310. The first kappa shape index (κ1) is 14.7. The van der Waals surface area contributed by atoms with E-state index in [1.54, 1.807) is 6.07 Å². The molecular formula is C11H16Cl2FN. The second kappa shape index (κ2) is 7.04. The molecule has 0 fully saturated rings. The Morgan fingerprint density at radius 2 is 2.13 bits per heavy atom. The number of rotatable bonds is 4. The summed E-state index contributed by atoms with van der Waals surface area (Å²) in [5.74, 6) is -0.266. The van der Waals surface area contributed by atoms with Gasteiger partial charge in [0, 0.05) is 16.6 Å². The number of halogens is 3. The van der Waals surface area contributed by atoms with Crippen molar-refractivity contribution in [1.82, 2.24) is 0 Å². The first-order chi connectivity index (χ1) is 6.65. The van der Waals surface area contributed by atoms with E-state index in [-0.39, 0.29) is 24.3 Å². The third kappa shape index (κ3) is 4.37. The summed E-state index contributed by atoms with van der Waals surface area (Å²) in [7, 11) is 0. The van der Waals surface area contributed by atoms with Gasteiger partial charge < -0.3 is 5.73 Å². The van der Waals surface area contributed by atoms with Crippen molar-refractivity contribution in [3.8, 4) is 0 Å². The molecule has 0 heterocycles. The summed E-state index contributed by atoms with van der Waals surface area (Å²) in [5.41, 5.74) is 6.37. The van der Waals surface area contributed by atoms with E-state index in [4.69, 9.17) is 17.3 Å². The molecule has 0 aliphatic rings. The summed E-state index contributed by atoms with van der Waals surface area (Å²) in [6.07, 6.45) is 2.87. The van der Waals surface area contributed by atoms with Crippen LogP contribution in [0.2, 0.25) is 5.02 Å². The van der Waals surface area contributed by atoms with Crippen LogP contribution in [-0.4, -0.2) is 0 Å². The standard InChI is InChI=1S/C11H15ClFN.ClH/c1-2-3-4-11(14)9-7-8(12)5-6-10(9)13;/h5-7,11H,2-4,14H2,1H3;1H/t11-;/m0./s1. The van der Waals surface area contributed by atoms with Gasteiger partial charge in [-0.2, -0.15) is 0 Å². The largest absolute Gasteiger partial charge is 0.324 e. The average molecular weight is 252 g/mol. The molecule has 0 aliphatic heterocycles. The Morgan fingerprint density at radius 1 is 1.47 bits per heavy atom. The molecule has 0 saturated heterocycles. The lowest BCUT2D eigenvalue weighted by Gasteiger charge is -2.12. The maximum absolute atomic E-state index is 13.3. The van der Waals surface area contributed by atoms with Crippen molar-refractivity contribution in [2.24, 2.45) is 5.73 Å². The fourth-order valence-corrected chi connectivity index (χ4v) is 1.56. The fraction of sp³-hybridized carbons (Fsp3) is 0.455. The van der Waals surface area contributed by atoms with Crippen LogP contribution in [0.25, 0.3) is 0 Å². The van der Waals surface area contributed by atoms with Crippen molar-refractivity contribution in [2.45, 2.75) is 32.2 Å². The van der Waals surface area contributed by atoms with Crippen molar-refractivity contribution in [2.75, 3.05) is 0 Å². The van der Waals surface area contributed by atoms with Crippen LogP contribution >= 0.6 is 24.0 Å². The lowest BCUT2D eigenvalue weighted by molar-refractivity contribution is 0.548. The highest BCUT2D eigenvalue weighted by molar-refractivity contribution is 6.30. The van der Waals surface area contributed by atoms with E-state index in [9.17, 15) is 4.39 Å². The molecular weight excluding hydrogens is 236 g/mol. The number of nitrogens with two attached hydrogens (primary N) is 1. The lowest BCUT2D eigenvalue weighted by Crippen LogP contribution is -2.11. The van der Waals surface area contributed by atoms with Crippen molar-refractivity contribution in [3.05, 3.63) is 34.6 Å². The normalized spacial score (nSPS) is 12.0. The molecule has 1 atom stereocenters. The number of unbranched alkanes of at least 4 members (excludes halogenated alkanes) is 1. The van der Waals surface area contributed by atoms with E-state index >= 15 is 0 Å². The quantitative estimate of drug-likeness (QED) is 0.858. The van der Waals surface area contributed by atoms with E-state index < -0.39 is 0 Å². The molecule has 2 N–H and O–H groups in total. The zero-order chi connectivity index (χ0) is 10.6. The van der Waals surface area contributed by atoms with Gasteiger partial charge in [0.05, 0.1) is 0 Å². The zero-order valence-electron chi connectivity index (χ0n) is 8.67. The Morgan fingerprint density at radius 3 is 2.73 bits per heavy atom. The summed E-state index contributed by atoms with van der Waals surface area (Å²) in [4.78, 5) is 0. The molecule has 0 aliphatic carbocycles. The van der Waals surface area contributed by atoms with Gasteiger partial charge in [-0.3, -0.25) is 0 Å². The summed E-state index contributed by atoms with van der Waals surface area (Å²) >= 11 is 5.77. The second-order valence-corrected chi connectivity index (χ2v) is 3.85. The predicted molar refractivity (Wildman–Crippen MR) is 65.1 cm³/mol. The van der Waals surface area contributed by atoms with Crippen molar-refractivity contribution >= 4 is 24.0 Å². The van der Waals surface area contributed by atoms with Crippen LogP contribution in [0.15, 0.2) is 18.2 Å². The van der Waals surface area contributed by atoms with Crippen molar-refractivity contribution in [3.63, 3.8) is 0 Å². The minimum absolute atomic E-state index is 0. The molecule has 0 spiro atoms. The highest BCUT2D eigenvalue weighted by atomic mass is 35.5. The highest BCUT2D eigenvalue weighted by Gasteiger charge is 2.10. The van der Waals surface area contributed by atoms with Gasteiger partial charge in [-0.1, -0.05) is 31.4 Å². The summed E-state index contributed by atoms with van der Waals surface area (Å²) < 4.78 is 13.3. The smallest absolute Gasteiger partial charge is 0.128 e. The molecule has 1 aromatic carbocycles. The number of hydrogen-bond acceptors (Lipinski definition) is 1. The molecule has 1 aromatic rings. The van der Waals surface area contributed by atoms with Gasteiger partial charge in [-0.05, 0) is 24.6 Å². The molecule has 0 amide bonds. The SMILES string of the molecule is CCCC[C@H](N)c1cc(Cl)ccc1F.Cl. The Bertz CT molecular complexity index is 305. The Balaban J connectivity index is 0.00000196. The highest BCUT2D eigenvalue weighted by Crippen LogP contribution is 2.23. The summed E-state index contributed by atoms with van der Waals surface area (Å²) in [6.45, 7) is 2.08. The topological polar surface area (TPSA) is 26.0 Å². The average Bonchev–Trinajstić information content (AvgIpc) is 2.18. The van der Waals surface area contributed by atoms with Gasteiger partial charge in [0.2, 0.25) is 0 Å². The van der Waals surface area contributed by atoms with E-state index in [2.05, 4.69) is 6.92 Å². The molecule has 1 nitrogen and oxygen atoms in total. The molecule has 15 heavy (non-hydrogen) atoms. The van der Waals surface area contributed by atoms with E-state index in [0.717, 1.165) is 19.3 Å². The molecule has 1 rings (SSSR count). The Kier molecular flexibility index (Phi) is 6.90. The van der Waals surface area contributed by atoms with E-state index in [0.29, 0.717) is 10.6 Å². The van der Waals surface area contributed by atoms with Gasteiger partial charge in [0.15, 0.2) is 0 Å². The Labute approximate surface area is 101 Å². The van der Waals surface area contributed by atoms with Crippen LogP contribution in [0.1, 0.15) is 37.8 Å². The van der Waals surface area contributed by atoms with E-state index in [1.807, 2.05) is 0 Å². The third-order valence-corrected chi connectivity index (χ3v) is 2.46. The molecule has 0 radical (unpaired) electrons. The molecule has 4 heteroatoms. The molecule has 86 valence electrons. The van der Waals surface area contributed by atoms with Gasteiger partial charge in [0.1, 0.15) is 5.82 Å². The fourth-order valence-electron chi connectivity index (χ4n) is 1.38. The van der Waals surface area contributed by atoms with Crippen LogP contribution in [0.3, 0.4) is 0 Å². The molecule has 0 saturated carbocycles. The van der Waals surface area contributed by atoms with Gasteiger partial charge >= 0.3 is 0 Å². The van der Waals surface area contributed by atoms with Crippen LogP contribution in [-0.2, 0) is 0 Å².